The lowest BCUT2D eigenvalue weighted by Crippen LogP contribution is -2.19. The average Bonchev–Trinajstić information content (AvgIpc) is 2.94. The van der Waals surface area contributed by atoms with Crippen molar-refractivity contribution in [3.8, 4) is 0 Å². The topological polar surface area (TPSA) is 116 Å². The number of nitrogens with one attached hydrogen (secondary N) is 4. The van der Waals surface area contributed by atoms with Gasteiger partial charge in [0.15, 0.2) is 0 Å². The minimum Gasteiger partial charge on any atom is -0.308 e. The summed E-state index contributed by atoms with van der Waals surface area (Å²) in [7, 11) is -3.98. The lowest BCUT2D eigenvalue weighted by Gasteiger charge is -2.11. The molecule has 0 radical (unpaired) electrons. The number of amides is 4. The molecule has 0 heterocycles. The summed E-state index contributed by atoms with van der Waals surface area (Å²) in [6.45, 7) is 0. The molecule has 4 aromatic rings. The van der Waals surface area contributed by atoms with Gasteiger partial charge in [-0.25, -0.2) is 18.0 Å². The van der Waals surface area contributed by atoms with Crippen molar-refractivity contribution in [2.45, 2.75) is 30.6 Å². The van der Waals surface area contributed by atoms with E-state index >= 15 is 0 Å². The fraction of sp³-hybridized carbons (Fsp3) is 0.0714. The molecule has 0 saturated carbocycles. The molecule has 0 aliphatic carbocycles. The first kappa shape index (κ1) is 33.5. The highest BCUT2D eigenvalue weighted by molar-refractivity contribution is 8.00. The molecule has 0 atom stereocenters. The van der Waals surface area contributed by atoms with E-state index < -0.39 is 32.9 Å². The lowest BCUT2D eigenvalue weighted by molar-refractivity contribution is -0.0337. The molecule has 4 amide bonds. The van der Waals surface area contributed by atoms with Gasteiger partial charge in [-0.05, 0) is 121 Å². The zero-order valence-corrected chi connectivity index (χ0v) is 24.8. The number of alkyl halides is 6. The summed E-state index contributed by atoms with van der Waals surface area (Å²) in [5.41, 5.74) is -7.90. The number of hydrogen-bond acceptors (Lipinski definition) is 6. The van der Waals surface area contributed by atoms with Crippen LogP contribution in [0.4, 0.5) is 58.7 Å². The Morgan fingerprint density at radius 2 is 0.711 bits per heavy atom. The van der Waals surface area contributed by atoms with Crippen LogP contribution in [-0.4, -0.2) is 31.5 Å². The van der Waals surface area contributed by atoms with Crippen LogP contribution in [0.5, 0.6) is 0 Å². The molecule has 17 heteroatoms. The monoisotopic (exact) mass is 686 g/mol. The van der Waals surface area contributed by atoms with Gasteiger partial charge in [0.2, 0.25) is 9.84 Å². The minimum atomic E-state index is -4.44. The highest BCUT2D eigenvalue weighted by atomic mass is 32.2. The van der Waals surface area contributed by atoms with Gasteiger partial charge in [0.25, 0.3) is 0 Å². The molecule has 0 fully saturated rings. The van der Waals surface area contributed by atoms with Crippen molar-refractivity contribution in [3.63, 3.8) is 0 Å². The third-order valence-electron chi connectivity index (χ3n) is 5.54. The van der Waals surface area contributed by atoms with E-state index in [0.717, 1.165) is 0 Å². The van der Waals surface area contributed by atoms with Gasteiger partial charge in [-0.3, -0.25) is 0 Å². The van der Waals surface area contributed by atoms with Crippen LogP contribution in [0.1, 0.15) is 0 Å². The van der Waals surface area contributed by atoms with Crippen LogP contribution >= 0.6 is 23.5 Å². The maximum atomic E-state index is 13.1. The summed E-state index contributed by atoms with van der Waals surface area (Å²) in [6.07, 6.45) is 0. The Morgan fingerprint density at radius 1 is 0.467 bits per heavy atom. The van der Waals surface area contributed by atoms with E-state index in [2.05, 4.69) is 21.3 Å². The summed E-state index contributed by atoms with van der Waals surface area (Å²) in [6, 6.07) is 19.1. The molecule has 0 aromatic heterocycles. The SMILES string of the molecule is O=C(Nc1ccc(SC(F)(F)F)cc1)Nc1ccc(S(=O)(=O)c2ccc(NC(=O)Nc3ccc(SC(F)(F)F)cc3)cc2)cc1. The first-order valence-corrected chi connectivity index (χ1v) is 15.5. The minimum absolute atomic E-state index is 0.0459. The lowest BCUT2D eigenvalue weighted by atomic mass is 10.3. The summed E-state index contributed by atoms with van der Waals surface area (Å²) < 4.78 is 101. The maximum Gasteiger partial charge on any atom is 0.446 e. The van der Waals surface area contributed by atoms with Crippen LogP contribution < -0.4 is 21.3 Å². The summed E-state index contributed by atoms with van der Waals surface area (Å²) in [5.74, 6) is 0. The quantitative estimate of drug-likeness (QED) is 0.109. The number of urea groups is 2. The Hall–Kier alpha value is -4.35. The van der Waals surface area contributed by atoms with Crippen molar-refractivity contribution in [2.75, 3.05) is 21.3 Å². The molecule has 0 spiro atoms. The number of rotatable bonds is 8. The smallest absolute Gasteiger partial charge is 0.308 e. The van der Waals surface area contributed by atoms with Crippen molar-refractivity contribution in [1.29, 1.82) is 0 Å². The molecule has 4 aromatic carbocycles. The van der Waals surface area contributed by atoms with Crippen LogP contribution in [0.15, 0.2) is 117 Å². The number of sulfone groups is 1. The number of benzene rings is 4. The maximum absolute atomic E-state index is 13.1. The third kappa shape index (κ3) is 10.4. The van der Waals surface area contributed by atoms with Gasteiger partial charge >= 0.3 is 23.1 Å². The highest BCUT2D eigenvalue weighted by Gasteiger charge is 2.29. The number of carbonyl (C=O) groups excluding carboxylic acids is 2. The molecule has 45 heavy (non-hydrogen) atoms. The molecular weight excluding hydrogens is 667 g/mol. The van der Waals surface area contributed by atoms with Crippen LogP contribution in [-0.2, 0) is 9.84 Å². The van der Waals surface area contributed by atoms with Gasteiger partial charge in [-0.15, -0.1) is 0 Å². The van der Waals surface area contributed by atoms with Gasteiger partial charge in [0.1, 0.15) is 0 Å². The first-order valence-electron chi connectivity index (χ1n) is 12.4. The van der Waals surface area contributed by atoms with E-state index in [1.807, 2.05) is 0 Å². The fourth-order valence-corrected chi connectivity index (χ4v) is 5.98. The summed E-state index contributed by atoms with van der Waals surface area (Å²) in [5, 5.41) is 9.91. The predicted octanol–water partition coefficient (Wildman–Crippen LogP) is 9.03. The van der Waals surface area contributed by atoms with E-state index in [9.17, 15) is 44.3 Å². The number of carbonyl (C=O) groups is 2. The Balaban J connectivity index is 1.31. The van der Waals surface area contributed by atoms with E-state index in [1.54, 1.807) is 0 Å². The van der Waals surface area contributed by atoms with Crippen LogP contribution in [0.2, 0.25) is 0 Å². The number of anilines is 4. The van der Waals surface area contributed by atoms with E-state index in [0.29, 0.717) is 0 Å². The average molecular weight is 687 g/mol. The third-order valence-corrected chi connectivity index (χ3v) is 8.80. The standard InChI is InChI=1S/C28H20F6N4O4S3/c29-27(30,31)43-21-9-1-17(2-10-21)35-25(39)37-19-5-13-23(14-6-19)45(41,42)24-15-7-20(8-16-24)38-26(40)36-18-3-11-22(12-4-18)44-28(32,33)34/h1-16H,(H2,35,37,39)(H2,36,38,40). The van der Waals surface area contributed by atoms with Crippen molar-refractivity contribution in [2.24, 2.45) is 0 Å². The first-order chi connectivity index (χ1) is 21.1. The molecule has 0 aliphatic heterocycles. The Labute approximate surface area is 260 Å². The number of halogens is 6. The van der Waals surface area contributed by atoms with Crippen LogP contribution in [0.25, 0.3) is 0 Å². The van der Waals surface area contributed by atoms with Crippen molar-refractivity contribution >= 4 is 68.2 Å². The van der Waals surface area contributed by atoms with Gasteiger partial charge < -0.3 is 21.3 Å². The van der Waals surface area contributed by atoms with Gasteiger partial charge in [0.05, 0.1) is 9.79 Å². The van der Waals surface area contributed by atoms with Gasteiger partial charge in [-0.1, -0.05) is 0 Å². The summed E-state index contributed by atoms with van der Waals surface area (Å²) in [4.78, 5) is 24.3. The Bertz CT molecular complexity index is 1620. The van der Waals surface area contributed by atoms with Crippen molar-refractivity contribution in [1.82, 2.24) is 0 Å². The van der Waals surface area contributed by atoms with Gasteiger partial charge in [0, 0.05) is 32.5 Å². The number of hydrogen-bond donors (Lipinski definition) is 4. The fourth-order valence-electron chi connectivity index (χ4n) is 3.64. The molecule has 0 aliphatic rings. The Morgan fingerprint density at radius 3 is 0.956 bits per heavy atom. The highest BCUT2D eigenvalue weighted by Crippen LogP contribution is 2.38. The molecule has 0 bridgehead atoms. The molecule has 8 nitrogen and oxygen atoms in total. The van der Waals surface area contributed by atoms with Crippen molar-refractivity contribution in [3.05, 3.63) is 97.1 Å². The molecule has 4 N–H and O–H groups in total. The second kappa shape index (κ2) is 13.7. The molecule has 0 unspecified atom stereocenters. The zero-order valence-electron chi connectivity index (χ0n) is 22.4. The normalized spacial score (nSPS) is 11.9. The van der Waals surface area contributed by atoms with Crippen LogP contribution in [0, 0.1) is 0 Å². The summed E-state index contributed by atoms with van der Waals surface area (Å²) >= 11 is -0.570. The van der Waals surface area contributed by atoms with Crippen molar-refractivity contribution < 1.29 is 44.3 Å². The molecule has 0 saturated heterocycles. The molecule has 236 valence electrons. The second-order valence-corrected chi connectivity index (χ2v) is 13.1. The Kier molecular flexibility index (Phi) is 10.2. The molecular formula is C28H20F6N4O4S3. The van der Waals surface area contributed by atoms with E-state index in [-0.39, 0.29) is 65.9 Å². The van der Waals surface area contributed by atoms with E-state index in [1.165, 1.54) is 97.1 Å². The molecule has 4 rings (SSSR count). The van der Waals surface area contributed by atoms with Gasteiger partial charge in [-0.2, -0.15) is 26.3 Å². The van der Waals surface area contributed by atoms with Crippen LogP contribution in [0.3, 0.4) is 0 Å². The predicted molar refractivity (Wildman–Crippen MR) is 160 cm³/mol. The number of thioether (sulfide) groups is 2. The zero-order chi connectivity index (χ0) is 32.8. The van der Waals surface area contributed by atoms with E-state index in [4.69, 9.17) is 0 Å². The second-order valence-electron chi connectivity index (χ2n) is 8.85. The largest absolute Gasteiger partial charge is 0.446 e.